The molecule has 1 amide bonds. The third kappa shape index (κ3) is 6.02. The van der Waals surface area contributed by atoms with Gasteiger partial charge in [-0.2, -0.15) is 4.31 Å². The molecule has 0 aliphatic carbocycles. The van der Waals surface area contributed by atoms with Crippen molar-refractivity contribution < 1.29 is 23.1 Å². The molecule has 1 aliphatic rings. The van der Waals surface area contributed by atoms with E-state index in [4.69, 9.17) is 4.74 Å². The van der Waals surface area contributed by atoms with Gasteiger partial charge in [0.2, 0.25) is 10.0 Å². The van der Waals surface area contributed by atoms with Crippen LogP contribution in [0.15, 0.2) is 72.1 Å². The molecule has 4 rings (SSSR count). The predicted octanol–water partition coefficient (Wildman–Crippen LogP) is 2.42. The molecular weight excluding hydrogens is 504 g/mol. The van der Waals surface area contributed by atoms with Gasteiger partial charge < -0.3 is 14.7 Å². The lowest BCUT2D eigenvalue weighted by atomic mass is 10.0. The van der Waals surface area contributed by atoms with E-state index < -0.39 is 22.2 Å². The SMILES string of the molecule is C[C@@H]1CN([C@H](C)CO)S(=O)(=O)c2ccc(C#Cc3ccncc3)cc2O[C@@H]1CN(C)C(=O)c1ccncc1. The zero-order chi connectivity index (χ0) is 27.3. The van der Waals surface area contributed by atoms with Crippen molar-refractivity contribution in [2.45, 2.75) is 30.9 Å². The highest BCUT2D eigenvalue weighted by Gasteiger charge is 2.38. The molecular formula is C28H30N4O5S. The Morgan fingerprint density at radius 1 is 1.11 bits per heavy atom. The second-order valence-corrected chi connectivity index (χ2v) is 11.2. The number of amides is 1. The van der Waals surface area contributed by atoms with E-state index >= 15 is 0 Å². The molecule has 10 heteroatoms. The predicted molar refractivity (Wildman–Crippen MR) is 142 cm³/mol. The number of aliphatic hydroxyl groups is 1. The van der Waals surface area contributed by atoms with Crippen LogP contribution in [0.4, 0.5) is 0 Å². The smallest absolute Gasteiger partial charge is 0.253 e. The van der Waals surface area contributed by atoms with E-state index in [0.29, 0.717) is 11.1 Å². The van der Waals surface area contributed by atoms with Crippen LogP contribution < -0.4 is 4.74 Å². The lowest BCUT2D eigenvalue weighted by molar-refractivity contribution is 0.0563. The zero-order valence-corrected chi connectivity index (χ0v) is 22.3. The lowest BCUT2D eigenvalue weighted by Crippen LogP contribution is -2.50. The molecule has 38 heavy (non-hydrogen) atoms. The molecule has 0 spiro atoms. The van der Waals surface area contributed by atoms with Crippen LogP contribution in [0.3, 0.4) is 0 Å². The van der Waals surface area contributed by atoms with Crippen molar-refractivity contribution in [1.29, 1.82) is 0 Å². The number of benzene rings is 1. The molecule has 9 nitrogen and oxygen atoms in total. The minimum Gasteiger partial charge on any atom is -0.487 e. The molecule has 1 N–H and O–H groups in total. The summed E-state index contributed by atoms with van der Waals surface area (Å²) in [5, 5.41) is 9.83. The highest BCUT2D eigenvalue weighted by Crippen LogP contribution is 2.34. The van der Waals surface area contributed by atoms with E-state index in [0.717, 1.165) is 5.56 Å². The average Bonchev–Trinajstić information content (AvgIpc) is 2.93. The van der Waals surface area contributed by atoms with Gasteiger partial charge in [0, 0.05) is 67.0 Å². The molecule has 198 valence electrons. The number of aliphatic hydroxyl groups excluding tert-OH is 1. The van der Waals surface area contributed by atoms with E-state index in [-0.39, 0.29) is 42.2 Å². The van der Waals surface area contributed by atoms with Gasteiger partial charge in [-0.1, -0.05) is 18.8 Å². The van der Waals surface area contributed by atoms with E-state index in [9.17, 15) is 18.3 Å². The minimum atomic E-state index is -3.98. The van der Waals surface area contributed by atoms with Crippen LogP contribution in [0.5, 0.6) is 5.75 Å². The summed E-state index contributed by atoms with van der Waals surface area (Å²) >= 11 is 0. The summed E-state index contributed by atoms with van der Waals surface area (Å²) in [6.45, 7) is 3.54. The van der Waals surface area contributed by atoms with Crippen LogP contribution in [0.2, 0.25) is 0 Å². The number of likely N-dealkylation sites (N-methyl/N-ethyl adjacent to an activating group) is 1. The largest absolute Gasteiger partial charge is 0.487 e. The first-order valence-electron chi connectivity index (χ1n) is 12.2. The second kappa shape index (κ2) is 11.7. The number of carbonyl (C=O) groups is 1. The Kier molecular flexibility index (Phi) is 8.42. The van der Waals surface area contributed by atoms with Crippen molar-refractivity contribution in [3.8, 4) is 17.6 Å². The minimum absolute atomic E-state index is 0.00715. The number of nitrogens with zero attached hydrogens (tertiary/aromatic N) is 4. The fourth-order valence-corrected chi connectivity index (χ4v) is 5.99. The Morgan fingerprint density at radius 3 is 2.39 bits per heavy atom. The first-order valence-corrected chi connectivity index (χ1v) is 13.7. The van der Waals surface area contributed by atoms with Gasteiger partial charge in [0.15, 0.2) is 0 Å². The second-order valence-electron chi connectivity index (χ2n) is 9.31. The molecule has 0 fully saturated rings. The average molecular weight is 535 g/mol. The Hall–Kier alpha value is -3.78. The van der Waals surface area contributed by atoms with Crippen molar-refractivity contribution in [2.24, 2.45) is 5.92 Å². The number of aromatic nitrogens is 2. The number of hydrogen-bond donors (Lipinski definition) is 1. The van der Waals surface area contributed by atoms with E-state index in [1.807, 2.05) is 6.92 Å². The molecule has 1 aromatic carbocycles. The molecule has 1 aliphatic heterocycles. The summed E-state index contributed by atoms with van der Waals surface area (Å²) in [6, 6.07) is 10.9. The summed E-state index contributed by atoms with van der Waals surface area (Å²) in [5.74, 6) is 5.75. The van der Waals surface area contributed by atoms with E-state index in [1.165, 1.54) is 10.4 Å². The van der Waals surface area contributed by atoms with Crippen LogP contribution in [0, 0.1) is 17.8 Å². The number of fused-ring (bicyclic) bond motifs is 1. The quantitative estimate of drug-likeness (QED) is 0.500. The Morgan fingerprint density at radius 2 is 1.74 bits per heavy atom. The van der Waals surface area contributed by atoms with Crippen molar-refractivity contribution in [3.63, 3.8) is 0 Å². The molecule has 3 heterocycles. The highest BCUT2D eigenvalue weighted by atomic mass is 32.2. The monoisotopic (exact) mass is 534 g/mol. The maximum atomic E-state index is 13.7. The van der Waals surface area contributed by atoms with Crippen molar-refractivity contribution in [3.05, 3.63) is 83.9 Å². The molecule has 0 radical (unpaired) electrons. The number of hydrogen-bond acceptors (Lipinski definition) is 7. The summed E-state index contributed by atoms with van der Waals surface area (Å²) in [6.07, 6.45) is 5.87. The standard InChI is InChI=1S/C28H30N4O5S/c1-20-17-32(21(2)19-33)38(35,36)27-7-6-23(5-4-22-8-12-29-13-9-22)16-25(27)37-26(20)18-31(3)28(34)24-10-14-30-15-11-24/h6-16,20-21,26,33H,17-19H2,1-3H3/t20-,21-,26-/m1/s1. The van der Waals surface area contributed by atoms with Crippen LogP contribution >= 0.6 is 0 Å². The van der Waals surface area contributed by atoms with E-state index in [2.05, 4.69) is 21.8 Å². The van der Waals surface area contributed by atoms with Gasteiger partial charge in [-0.15, -0.1) is 0 Å². The van der Waals surface area contributed by atoms with Crippen LogP contribution in [-0.2, 0) is 10.0 Å². The molecule has 0 unspecified atom stereocenters. The zero-order valence-electron chi connectivity index (χ0n) is 21.5. The fourth-order valence-electron chi connectivity index (χ4n) is 4.17. The molecule has 0 bridgehead atoms. The van der Waals surface area contributed by atoms with Crippen molar-refractivity contribution in [2.75, 3.05) is 26.7 Å². The number of rotatable bonds is 5. The summed E-state index contributed by atoms with van der Waals surface area (Å²) in [7, 11) is -2.30. The van der Waals surface area contributed by atoms with Gasteiger partial charge in [0.25, 0.3) is 5.91 Å². The molecule has 0 saturated carbocycles. The number of pyridine rings is 2. The number of ether oxygens (including phenoxy) is 1. The molecule has 0 saturated heterocycles. The topological polar surface area (TPSA) is 113 Å². The van der Waals surface area contributed by atoms with Gasteiger partial charge >= 0.3 is 0 Å². The normalized spacial score (nSPS) is 19.5. The Labute approximate surface area is 223 Å². The first kappa shape index (κ1) is 27.3. The fraction of sp³-hybridized carbons (Fsp3) is 0.321. The summed E-state index contributed by atoms with van der Waals surface area (Å²) < 4.78 is 35.0. The van der Waals surface area contributed by atoms with Gasteiger partial charge in [-0.3, -0.25) is 14.8 Å². The van der Waals surface area contributed by atoms with Crippen molar-refractivity contribution in [1.82, 2.24) is 19.2 Å². The summed E-state index contributed by atoms with van der Waals surface area (Å²) in [4.78, 5) is 22.5. The molecule has 3 aromatic rings. The van der Waals surface area contributed by atoms with Crippen LogP contribution in [0.1, 0.15) is 35.3 Å². The molecule has 3 atom stereocenters. The number of carbonyl (C=O) groups excluding carboxylic acids is 1. The van der Waals surface area contributed by atoms with Crippen molar-refractivity contribution >= 4 is 15.9 Å². The lowest BCUT2D eigenvalue weighted by Gasteiger charge is -2.37. The highest BCUT2D eigenvalue weighted by molar-refractivity contribution is 7.89. The molecule has 2 aromatic heterocycles. The third-order valence-electron chi connectivity index (χ3n) is 6.43. The van der Waals surface area contributed by atoms with Gasteiger partial charge in [0.05, 0.1) is 13.2 Å². The maximum absolute atomic E-state index is 13.7. The van der Waals surface area contributed by atoms with Gasteiger partial charge in [0.1, 0.15) is 16.7 Å². The van der Waals surface area contributed by atoms with Crippen LogP contribution in [0.25, 0.3) is 0 Å². The summed E-state index contributed by atoms with van der Waals surface area (Å²) in [5.41, 5.74) is 1.84. The maximum Gasteiger partial charge on any atom is 0.253 e. The Bertz CT molecular complexity index is 1440. The Balaban J connectivity index is 1.72. The first-order chi connectivity index (χ1) is 18.2. The number of sulfonamides is 1. The third-order valence-corrected chi connectivity index (χ3v) is 8.45. The van der Waals surface area contributed by atoms with Crippen LogP contribution in [-0.4, -0.2) is 77.5 Å². The van der Waals surface area contributed by atoms with Gasteiger partial charge in [-0.25, -0.2) is 8.42 Å². The van der Waals surface area contributed by atoms with E-state index in [1.54, 1.807) is 80.1 Å². The van der Waals surface area contributed by atoms with Gasteiger partial charge in [-0.05, 0) is 49.4 Å².